The number of anilines is 2. The van der Waals surface area contributed by atoms with Crippen LogP contribution in [0.25, 0.3) is 5.69 Å². The zero-order chi connectivity index (χ0) is 23.2. The quantitative estimate of drug-likeness (QED) is 0.503. The summed E-state index contributed by atoms with van der Waals surface area (Å²) in [6, 6.07) is 13.4. The molecule has 2 aromatic carbocycles. The number of carbonyl (C=O) groups is 1. The molecule has 0 radical (unpaired) electrons. The topological polar surface area (TPSA) is 90.7 Å². The second-order valence-electron chi connectivity index (χ2n) is 7.46. The van der Waals surface area contributed by atoms with Crippen molar-refractivity contribution in [1.82, 2.24) is 14.8 Å². The first-order chi connectivity index (χ1) is 16.1. The fourth-order valence-corrected chi connectivity index (χ4v) is 4.28. The van der Waals surface area contributed by atoms with Crippen LogP contribution in [0.5, 0.6) is 11.5 Å². The molecule has 2 heterocycles. The van der Waals surface area contributed by atoms with Gasteiger partial charge in [-0.1, -0.05) is 23.9 Å². The monoisotopic (exact) mass is 469 g/mol. The normalized spacial score (nSPS) is 13.6. The average Bonchev–Trinajstić information content (AvgIpc) is 3.27. The molecule has 33 heavy (non-hydrogen) atoms. The summed E-state index contributed by atoms with van der Waals surface area (Å²) in [6.45, 7) is 4.83. The Kier molecular flexibility index (Phi) is 7.36. The first-order valence-electron chi connectivity index (χ1n) is 10.6. The Balaban J connectivity index is 1.53. The van der Waals surface area contributed by atoms with E-state index >= 15 is 0 Å². The number of ether oxygens (including phenoxy) is 3. The maximum Gasteiger partial charge on any atom is 0.234 e. The van der Waals surface area contributed by atoms with Crippen molar-refractivity contribution in [3.63, 3.8) is 0 Å². The van der Waals surface area contributed by atoms with E-state index in [0.29, 0.717) is 35.6 Å². The molecule has 0 bridgehead atoms. The number of thioether (sulfide) groups is 1. The minimum atomic E-state index is -0.171. The lowest BCUT2D eigenvalue weighted by molar-refractivity contribution is -0.113. The standard InChI is InChI=1S/C23H27N5O4S/c1-16-5-4-6-17(13-16)28-22(27-9-11-32-12-10-27)25-26-23(28)33-15-21(29)24-19-8-7-18(30-2)14-20(19)31-3/h4-8,13-14H,9-12,15H2,1-3H3,(H,24,29). The summed E-state index contributed by atoms with van der Waals surface area (Å²) in [5, 5.41) is 12.4. The number of carbonyl (C=O) groups excluding carboxylic acids is 1. The zero-order valence-electron chi connectivity index (χ0n) is 18.9. The summed E-state index contributed by atoms with van der Waals surface area (Å²) in [4.78, 5) is 14.9. The Bertz CT molecular complexity index is 1110. The lowest BCUT2D eigenvalue weighted by Gasteiger charge is -2.28. The fourth-order valence-electron chi connectivity index (χ4n) is 3.54. The second kappa shape index (κ2) is 10.6. The van der Waals surface area contributed by atoms with Crippen molar-refractivity contribution in [3.8, 4) is 17.2 Å². The van der Waals surface area contributed by atoms with E-state index in [1.54, 1.807) is 32.4 Å². The molecule has 1 N–H and O–H groups in total. The summed E-state index contributed by atoms with van der Waals surface area (Å²) in [5.41, 5.74) is 2.67. The summed E-state index contributed by atoms with van der Waals surface area (Å²) in [5.74, 6) is 1.94. The third-order valence-corrected chi connectivity index (χ3v) is 6.11. The van der Waals surface area contributed by atoms with E-state index in [1.165, 1.54) is 11.8 Å². The number of amides is 1. The van der Waals surface area contributed by atoms with Gasteiger partial charge in [0.15, 0.2) is 5.16 Å². The van der Waals surface area contributed by atoms with Gasteiger partial charge < -0.3 is 24.4 Å². The number of nitrogens with zero attached hydrogens (tertiary/aromatic N) is 4. The number of aromatic nitrogens is 3. The molecule has 0 spiro atoms. The maximum atomic E-state index is 12.7. The van der Waals surface area contributed by atoms with Crippen LogP contribution in [0.3, 0.4) is 0 Å². The molecule has 174 valence electrons. The highest BCUT2D eigenvalue weighted by Gasteiger charge is 2.22. The summed E-state index contributed by atoms with van der Waals surface area (Å²) >= 11 is 1.33. The highest BCUT2D eigenvalue weighted by molar-refractivity contribution is 7.99. The number of rotatable bonds is 8. The largest absolute Gasteiger partial charge is 0.497 e. The molecule has 1 aliphatic rings. The van der Waals surface area contributed by atoms with Gasteiger partial charge in [-0.2, -0.15) is 0 Å². The summed E-state index contributed by atoms with van der Waals surface area (Å²) in [7, 11) is 3.13. The van der Waals surface area contributed by atoms with Gasteiger partial charge >= 0.3 is 0 Å². The Labute approximate surface area is 197 Å². The van der Waals surface area contributed by atoms with Crippen molar-refractivity contribution >= 4 is 29.3 Å². The number of aryl methyl sites for hydroxylation is 1. The Morgan fingerprint density at radius 1 is 1.12 bits per heavy atom. The molecule has 0 unspecified atom stereocenters. The molecule has 1 saturated heterocycles. The number of hydrogen-bond acceptors (Lipinski definition) is 8. The van der Waals surface area contributed by atoms with Gasteiger partial charge in [0, 0.05) is 19.2 Å². The van der Waals surface area contributed by atoms with E-state index in [9.17, 15) is 4.79 Å². The molecule has 10 heteroatoms. The molecular weight excluding hydrogens is 442 g/mol. The molecule has 0 atom stereocenters. The van der Waals surface area contributed by atoms with Crippen molar-refractivity contribution in [2.24, 2.45) is 0 Å². The van der Waals surface area contributed by atoms with Gasteiger partial charge in [-0.3, -0.25) is 9.36 Å². The number of nitrogens with one attached hydrogen (secondary N) is 1. The third kappa shape index (κ3) is 5.40. The van der Waals surface area contributed by atoms with Gasteiger partial charge in [0.1, 0.15) is 11.5 Å². The molecule has 1 aromatic heterocycles. The average molecular weight is 470 g/mol. The molecule has 4 rings (SSSR count). The lowest BCUT2D eigenvalue weighted by atomic mass is 10.2. The highest BCUT2D eigenvalue weighted by atomic mass is 32.2. The number of morpholine rings is 1. The van der Waals surface area contributed by atoms with Gasteiger partial charge in [0.2, 0.25) is 11.9 Å². The molecule has 0 saturated carbocycles. The van der Waals surface area contributed by atoms with Crippen LogP contribution in [0.2, 0.25) is 0 Å². The van der Waals surface area contributed by atoms with Crippen molar-refractivity contribution < 1.29 is 19.0 Å². The minimum absolute atomic E-state index is 0.169. The van der Waals surface area contributed by atoms with E-state index in [4.69, 9.17) is 14.2 Å². The number of hydrogen-bond donors (Lipinski definition) is 1. The smallest absolute Gasteiger partial charge is 0.234 e. The first kappa shape index (κ1) is 22.9. The number of benzene rings is 2. The van der Waals surface area contributed by atoms with Crippen LogP contribution >= 0.6 is 11.8 Å². The Morgan fingerprint density at radius 3 is 2.67 bits per heavy atom. The SMILES string of the molecule is COc1ccc(NC(=O)CSc2nnc(N3CCOCC3)n2-c2cccc(C)c2)c(OC)c1. The predicted octanol–water partition coefficient (Wildman–Crippen LogP) is 3.16. The van der Waals surface area contributed by atoms with E-state index in [-0.39, 0.29) is 11.7 Å². The van der Waals surface area contributed by atoms with E-state index in [2.05, 4.69) is 26.5 Å². The van der Waals surface area contributed by atoms with Crippen molar-refractivity contribution in [2.45, 2.75) is 12.1 Å². The molecule has 1 amide bonds. The van der Waals surface area contributed by atoms with Crippen LogP contribution in [0.4, 0.5) is 11.6 Å². The van der Waals surface area contributed by atoms with E-state index < -0.39 is 0 Å². The Morgan fingerprint density at radius 2 is 1.94 bits per heavy atom. The minimum Gasteiger partial charge on any atom is -0.497 e. The van der Waals surface area contributed by atoms with Gasteiger partial charge in [0.05, 0.1) is 44.6 Å². The third-order valence-electron chi connectivity index (χ3n) is 5.19. The zero-order valence-corrected chi connectivity index (χ0v) is 19.7. The summed E-state index contributed by atoms with van der Waals surface area (Å²) in [6.07, 6.45) is 0. The molecule has 1 fully saturated rings. The van der Waals surface area contributed by atoms with Crippen molar-refractivity contribution in [2.75, 3.05) is 56.5 Å². The van der Waals surface area contributed by atoms with Crippen LogP contribution in [0, 0.1) is 6.92 Å². The highest BCUT2D eigenvalue weighted by Crippen LogP contribution is 2.30. The fraction of sp³-hybridized carbons (Fsp3) is 0.348. The van der Waals surface area contributed by atoms with Crippen LogP contribution < -0.4 is 19.7 Å². The van der Waals surface area contributed by atoms with Gasteiger partial charge in [0.25, 0.3) is 0 Å². The molecule has 1 aliphatic heterocycles. The van der Waals surface area contributed by atoms with Crippen LogP contribution in [-0.4, -0.2) is 66.9 Å². The van der Waals surface area contributed by atoms with E-state index in [0.717, 1.165) is 30.3 Å². The van der Waals surface area contributed by atoms with Crippen LogP contribution in [0.15, 0.2) is 47.6 Å². The van der Waals surface area contributed by atoms with Crippen LogP contribution in [-0.2, 0) is 9.53 Å². The van der Waals surface area contributed by atoms with Gasteiger partial charge in [-0.05, 0) is 36.8 Å². The Hall–Kier alpha value is -3.24. The second-order valence-corrected chi connectivity index (χ2v) is 8.40. The molecular formula is C23H27N5O4S. The lowest BCUT2D eigenvalue weighted by Crippen LogP contribution is -2.37. The van der Waals surface area contributed by atoms with Crippen molar-refractivity contribution in [1.29, 1.82) is 0 Å². The maximum absolute atomic E-state index is 12.7. The van der Waals surface area contributed by atoms with E-state index in [1.807, 2.05) is 29.7 Å². The predicted molar refractivity (Wildman–Crippen MR) is 128 cm³/mol. The van der Waals surface area contributed by atoms with Gasteiger partial charge in [-0.15, -0.1) is 10.2 Å². The first-order valence-corrected chi connectivity index (χ1v) is 11.6. The van der Waals surface area contributed by atoms with Crippen molar-refractivity contribution in [3.05, 3.63) is 48.0 Å². The molecule has 9 nitrogen and oxygen atoms in total. The summed E-state index contributed by atoms with van der Waals surface area (Å²) < 4.78 is 18.1. The van der Waals surface area contributed by atoms with Crippen LogP contribution in [0.1, 0.15) is 5.56 Å². The molecule has 0 aliphatic carbocycles. The molecule has 3 aromatic rings. The van der Waals surface area contributed by atoms with Gasteiger partial charge in [-0.25, -0.2) is 0 Å². The number of methoxy groups -OCH3 is 2.